The van der Waals surface area contributed by atoms with Gasteiger partial charge in [-0.25, -0.2) is 0 Å². The maximum Gasteiger partial charge on any atom is 0.0912 e. The molecule has 2 rings (SSSR count). The molecule has 0 saturated heterocycles. The van der Waals surface area contributed by atoms with Crippen LogP contribution < -0.4 is 0 Å². The Labute approximate surface area is 155 Å². The molecule has 0 atom stereocenters. The minimum Gasteiger partial charge on any atom is -0.193 e. The Morgan fingerprint density at radius 2 is 1.32 bits per heavy atom. The first kappa shape index (κ1) is 20.0. The van der Waals surface area contributed by atoms with Crippen molar-refractivity contribution in [2.75, 3.05) is 0 Å². The fraction of sp³-hybridized carbons (Fsp3) is 0.708. The predicted octanol–water partition coefficient (Wildman–Crippen LogP) is 7.37. The van der Waals surface area contributed by atoms with Gasteiger partial charge in [0.25, 0.3) is 0 Å². The first-order valence-corrected chi connectivity index (χ1v) is 10.7. The molecule has 0 unspecified atom stereocenters. The Morgan fingerprint density at radius 3 is 1.88 bits per heavy atom. The van der Waals surface area contributed by atoms with Gasteiger partial charge in [0, 0.05) is 6.08 Å². The summed E-state index contributed by atoms with van der Waals surface area (Å²) in [7, 11) is 0. The van der Waals surface area contributed by atoms with Gasteiger partial charge in [0.15, 0.2) is 0 Å². The molecule has 2 aliphatic carbocycles. The van der Waals surface area contributed by atoms with Gasteiger partial charge < -0.3 is 0 Å². The van der Waals surface area contributed by atoms with Gasteiger partial charge in [-0.1, -0.05) is 63.0 Å². The average Bonchev–Trinajstić information content (AvgIpc) is 2.66. The van der Waals surface area contributed by atoms with Crippen molar-refractivity contribution in [3.05, 3.63) is 36.5 Å². The number of unbranched alkanes of at least 4 members (excludes halogenated alkanes) is 2. The number of rotatable bonds is 8. The highest BCUT2D eigenvalue weighted by atomic mass is 14.3. The maximum atomic E-state index is 8.49. The lowest BCUT2D eigenvalue weighted by Gasteiger charge is -2.28. The molecular weight excluding hydrogens is 302 g/mol. The van der Waals surface area contributed by atoms with Gasteiger partial charge in [-0.05, 0) is 75.0 Å². The molecule has 0 spiro atoms. The van der Waals surface area contributed by atoms with E-state index in [2.05, 4.69) is 25.2 Å². The van der Waals surface area contributed by atoms with Gasteiger partial charge in [0.2, 0.25) is 0 Å². The van der Waals surface area contributed by atoms with Crippen LogP contribution >= 0.6 is 0 Å². The van der Waals surface area contributed by atoms with Gasteiger partial charge in [0.1, 0.15) is 0 Å². The third kappa shape index (κ3) is 8.08. The lowest BCUT2D eigenvalue weighted by atomic mass is 9.78. The van der Waals surface area contributed by atoms with Crippen molar-refractivity contribution >= 4 is 0 Å². The summed E-state index contributed by atoms with van der Waals surface area (Å²) in [5, 5.41) is 8.49. The summed E-state index contributed by atoms with van der Waals surface area (Å²) in [6, 6.07) is 2.03. The quantitative estimate of drug-likeness (QED) is 0.196. The Balaban J connectivity index is 1.61. The molecule has 0 bridgehead atoms. The van der Waals surface area contributed by atoms with Crippen LogP contribution in [0.5, 0.6) is 0 Å². The van der Waals surface area contributed by atoms with Crippen LogP contribution in [0.2, 0.25) is 0 Å². The van der Waals surface area contributed by atoms with Crippen LogP contribution in [0, 0.1) is 35.0 Å². The molecule has 0 amide bonds. The third-order valence-corrected chi connectivity index (χ3v) is 6.24. The third-order valence-electron chi connectivity index (χ3n) is 6.24. The van der Waals surface area contributed by atoms with E-state index in [1.54, 1.807) is 6.08 Å². The lowest BCUT2D eigenvalue weighted by Crippen LogP contribution is -2.14. The molecule has 1 heteroatoms. The first-order chi connectivity index (χ1) is 12.3. The largest absolute Gasteiger partial charge is 0.193 e. The average molecular weight is 340 g/mol. The van der Waals surface area contributed by atoms with Gasteiger partial charge in [-0.2, -0.15) is 5.26 Å². The van der Waals surface area contributed by atoms with Crippen LogP contribution in [0.3, 0.4) is 0 Å². The molecule has 0 aromatic carbocycles. The number of hydrogen-bond acceptors (Lipinski definition) is 1. The molecule has 0 heterocycles. The Kier molecular flexibility index (Phi) is 9.71. The molecule has 0 radical (unpaired) electrons. The standard InChI is InChI=1S/C24H37N/c1-2-3-5-8-21-10-14-23(15-11-21)18-19-24-16-12-22(13-17-24)9-6-4-7-20-25/h4,6-7,9,18-19,21-24H,2-3,5,8,10-17H2,1H3/b7-4?,9-6?,19-18+. The van der Waals surface area contributed by atoms with Crippen LogP contribution in [0.4, 0.5) is 0 Å². The highest BCUT2D eigenvalue weighted by Gasteiger charge is 2.21. The summed E-state index contributed by atoms with van der Waals surface area (Å²) in [5.74, 6) is 3.40. The van der Waals surface area contributed by atoms with Crippen LogP contribution in [-0.2, 0) is 0 Å². The van der Waals surface area contributed by atoms with Crippen molar-refractivity contribution in [2.45, 2.75) is 84.0 Å². The Morgan fingerprint density at radius 1 is 0.760 bits per heavy atom. The molecule has 2 fully saturated rings. The highest BCUT2D eigenvalue weighted by Crippen LogP contribution is 2.34. The summed E-state index contributed by atoms with van der Waals surface area (Å²) in [6.07, 6.45) is 29.6. The van der Waals surface area contributed by atoms with Gasteiger partial charge in [0.05, 0.1) is 6.07 Å². The molecule has 2 aliphatic rings. The van der Waals surface area contributed by atoms with Crippen molar-refractivity contribution in [3.63, 3.8) is 0 Å². The van der Waals surface area contributed by atoms with Crippen molar-refractivity contribution in [1.29, 1.82) is 5.26 Å². The van der Waals surface area contributed by atoms with Crippen LogP contribution in [0.1, 0.15) is 84.0 Å². The maximum absolute atomic E-state index is 8.49. The van der Waals surface area contributed by atoms with Gasteiger partial charge in [-0.15, -0.1) is 0 Å². The minimum atomic E-state index is 0.714. The highest BCUT2D eigenvalue weighted by molar-refractivity contribution is 5.12. The fourth-order valence-corrected chi connectivity index (χ4v) is 4.52. The summed E-state index contributed by atoms with van der Waals surface area (Å²) in [5.41, 5.74) is 0. The topological polar surface area (TPSA) is 23.8 Å². The second-order valence-electron chi connectivity index (χ2n) is 8.21. The van der Waals surface area contributed by atoms with Crippen LogP contribution in [0.25, 0.3) is 0 Å². The predicted molar refractivity (Wildman–Crippen MR) is 108 cm³/mol. The van der Waals surface area contributed by atoms with E-state index >= 15 is 0 Å². The lowest BCUT2D eigenvalue weighted by molar-refractivity contribution is 0.287. The Hall–Kier alpha value is -1.29. The second kappa shape index (κ2) is 12.1. The fourth-order valence-electron chi connectivity index (χ4n) is 4.52. The van der Waals surface area contributed by atoms with E-state index in [0.29, 0.717) is 5.92 Å². The summed E-state index contributed by atoms with van der Waals surface area (Å²) < 4.78 is 0. The molecule has 1 nitrogen and oxygen atoms in total. The van der Waals surface area contributed by atoms with E-state index in [4.69, 9.17) is 5.26 Å². The van der Waals surface area contributed by atoms with E-state index in [1.165, 1.54) is 77.0 Å². The zero-order valence-corrected chi connectivity index (χ0v) is 16.2. The molecule has 138 valence electrons. The van der Waals surface area contributed by atoms with Crippen LogP contribution in [-0.4, -0.2) is 0 Å². The van der Waals surface area contributed by atoms with E-state index in [0.717, 1.165) is 17.8 Å². The van der Waals surface area contributed by atoms with E-state index in [-0.39, 0.29) is 0 Å². The van der Waals surface area contributed by atoms with Crippen molar-refractivity contribution in [3.8, 4) is 6.07 Å². The van der Waals surface area contributed by atoms with E-state index in [9.17, 15) is 0 Å². The van der Waals surface area contributed by atoms with Crippen molar-refractivity contribution < 1.29 is 0 Å². The smallest absolute Gasteiger partial charge is 0.0912 e. The first-order valence-electron chi connectivity index (χ1n) is 10.7. The van der Waals surface area contributed by atoms with Crippen molar-refractivity contribution in [2.24, 2.45) is 23.7 Å². The summed E-state index contributed by atoms with van der Waals surface area (Å²) in [6.45, 7) is 2.30. The number of nitrogens with zero attached hydrogens (tertiary/aromatic N) is 1. The number of nitriles is 1. The van der Waals surface area contributed by atoms with E-state index < -0.39 is 0 Å². The molecule has 25 heavy (non-hydrogen) atoms. The zero-order valence-electron chi connectivity index (χ0n) is 16.2. The molecular formula is C24H37N. The summed E-state index contributed by atoms with van der Waals surface area (Å²) >= 11 is 0. The molecule has 0 aromatic heterocycles. The SMILES string of the molecule is CCCCCC1CCC(/C=C/C2CCC(C=CC=CC#N)CC2)CC1. The normalized spacial score (nSPS) is 31.0. The second-order valence-corrected chi connectivity index (χ2v) is 8.21. The Bertz CT molecular complexity index is 463. The zero-order chi connectivity index (χ0) is 17.7. The monoisotopic (exact) mass is 339 g/mol. The van der Waals surface area contributed by atoms with Crippen molar-refractivity contribution in [1.82, 2.24) is 0 Å². The molecule has 0 aliphatic heterocycles. The molecule has 2 saturated carbocycles. The molecule has 0 N–H and O–H groups in total. The minimum absolute atomic E-state index is 0.714. The summed E-state index contributed by atoms with van der Waals surface area (Å²) in [4.78, 5) is 0. The number of hydrogen-bond donors (Lipinski definition) is 0. The molecule has 0 aromatic rings. The van der Waals surface area contributed by atoms with E-state index in [1.807, 2.05) is 18.2 Å². The van der Waals surface area contributed by atoms with Gasteiger partial charge in [-0.3, -0.25) is 0 Å². The van der Waals surface area contributed by atoms with Gasteiger partial charge >= 0.3 is 0 Å². The van der Waals surface area contributed by atoms with Crippen LogP contribution in [0.15, 0.2) is 36.5 Å². The number of allylic oxidation sites excluding steroid dienone is 6.